The van der Waals surface area contributed by atoms with E-state index in [0.717, 1.165) is 42.0 Å². The van der Waals surface area contributed by atoms with Crippen molar-refractivity contribution in [3.8, 4) is 0 Å². The first kappa shape index (κ1) is 16.0. The van der Waals surface area contributed by atoms with Crippen LogP contribution in [0.2, 0.25) is 5.02 Å². The molecule has 1 aromatic carbocycles. The fourth-order valence-electron chi connectivity index (χ4n) is 2.80. The number of aromatic nitrogens is 2. The third-order valence-electron chi connectivity index (χ3n) is 4.00. The molecule has 0 fully saturated rings. The molecule has 0 spiro atoms. The highest BCUT2D eigenvalue weighted by molar-refractivity contribution is 6.30. The molecule has 1 aliphatic rings. The Bertz CT molecular complexity index is 707. The molecule has 0 unspecified atom stereocenters. The van der Waals surface area contributed by atoms with Crippen LogP contribution < -0.4 is 10.2 Å². The van der Waals surface area contributed by atoms with Crippen LogP contribution in [0.1, 0.15) is 23.9 Å². The van der Waals surface area contributed by atoms with Crippen LogP contribution in [-0.2, 0) is 13.0 Å². The van der Waals surface area contributed by atoms with Crippen molar-refractivity contribution >= 4 is 23.2 Å². The number of halogens is 1. The Labute approximate surface area is 141 Å². The van der Waals surface area contributed by atoms with E-state index in [2.05, 4.69) is 32.3 Å². The highest BCUT2D eigenvalue weighted by Gasteiger charge is 2.19. The van der Waals surface area contributed by atoms with Gasteiger partial charge in [0, 0.05) is 30.2 Å². The highest BCUT2D eigenvalue weighted by Crippen LogP contribution is 2.26. The van der Waals surface area contributed by atoms with Gasteiger partial charge in [0.15, 0.2) is 0 Å². The minimum Gasteiger partial charge on any atom is -0.394 e. The normalized spacial score (nSPS) is 15.2. The average molecular weight is 333 g/mol. The summed E-state index contributed by atoms with van der Waals surface area (Å²) in [7, 11) is 0. The number of nitrogens with one attached hydrogen (secondary N) is 1. The molecule has 1 atom stereocenters. The Kier molecular flexibility index (Phi) is 4.68. The lowest BCUT2D eigenvalue weighted by Crippen LogP contribution is -2.31. The predicted octanol–water partition coefficient (Wildman–Crippen LogP) is 2.79. The number of aryl methyl sites for hydroxylation is 1. The van der Waals surface area contributed by atoms with E-state index in [1.54, 1.807) is 0 Å². The quantitative estimate of drug-likeness (QED) is 0.901. The van der Waals surface area contributed by atoms with Crippen molar-refractivity contribution in [1.29, 1.82) is 0 Å². The minimum absolute atomic E-state index is 0.0404. The molecule has 5 nitrogen and oxygen atoms in total. The number of rotatable bonds is 4. The number of nitrogens with zero attached hydrogens (tertiary/aromatic N) is 3. The molecule has 2 N–H and O–H groups in total. The van der Waals surface area contributed by atoms with Gasteiger partial charge in [-0.15, -0.1) is 0 Å². The molecule has 6 heteroatoms. The SMILES string of the molecule is Cc1nc(N[C@H](C)CO)cc(N2CCc3cc(Cl)ccc3C2)n1. The molecular formula is C17H21ClN4O. The lowest BCUT2D eigenvalue weighted by molar-refractivity contribution is 0.281. The molecule has 122 valence electrons. The fourth-order valence-corrected chi connectivity index (χ4v) is 3.00. The highest BCUT2D eigenvalue weighted by atomic mass is 35.5. The summed E-state index contributed by atoms with van der Waals surface area (Å²) in [6.45, 7) is 5.58. The van der Waals surface area contributed by atoms with E-state index < -0.39 is 0 Å². The van der Waals surface area contributed by atoms with E-state index in [9.17, 15) is 5.11 Å². The van der Waals surface area contributed by atoms with Crippen LogP contribution in [0.4, 0.5) is 11.6 Å². The van der Waals surface area contributed by atoms with Crippen LogP contribution in [0, 0.1) is 6.92 Å². The maximum absolute atomic E-state index is 9.19. The first-order valence-corrected chi connectivity index (χ1v) is 8.18. The number of anilines is 2. The predicted molar refractivity (Wildman–Crippen MR) is 93.1 cm³/mol. The molecule has 23 heavy (non-hydrogen) atoms. The van der Waals surface area contributed by atoms with Crippen LogP contribution in [0.5, 0.6) is 0 Å². The second-order valence-electron chi connectivity index (χ2n) is 5.97. The van der Waals surface area contributed by atoms with Gasteiger partial charge in [-0.1, -0.05) is 17.7 Å². The second-order valence-corrected chi connectivity index (χ2v) is 6.41. The fraction of sp³-hybridized carbons (Fsp3) is 0.412. The maximum atomic E-state index is 9.19. The van der Waals surface area contributed by atoms with E-state index in [1.807, 2.05) is 26.0 Å². The van der Waals surface area contributed by atoms with Crippen molar-refractivity contribution in [2.45, 2.75) is 32.9 Å². The number of fused-ring (bicyclic) bond motifs is 1. The van der Waals surface area contributed by atoms with Crippen molar-refractivity contribution in [1.82, 2.24) is 9.97 Å². The molecule has 0 aliphatic carbocycles. The van der Waals surface area contributed by atoms with E-state index >= 15 is 0 Å². The lowest BCUT2D eigenvalue weighted by Gasteiger charge is -2.30. The van der Waals surface area contributed by atoms with Crippen molar-refractivity contribution < 1.29 is 5.11 Å². The van der Waals surface area contributed by atoms with Crippen LogP contribution in [-0.4, -0.2) is 34.3 Å². The average Bonchev–Trinajstić information content (AvgIpc) is 2.53. The molecule has 0 amide bonds. The first-order valence-electron chi connectivity index (χ1n) is 7.80. The van der Waals surface area contributed by atoms with Gasteiger partial charge in [-0.05, 0) is 43.5 Å². The lowest BCUT2D eigenvalue weighted by atomic mass is 10.00. The van der Waals surface area contributed by atoms with Gasteiger partial charge < -0.3 is 15.3 Å². The van der Waals surface area contributed by atoms with E-state index in [4.69, 9.17) is 11.6 Å². The zero-order chi connectivity index (χ0) is 16.4. The Balaban J connectivity index is 1.83. The summed E-state index contributed by atoms with van der Waals surface area (Å²) < 4.78 is 0. The molecule has 3 rings (SSSR count). The minimum atomic E-state index is -0.0404. The molecule has 1 aliphatic heterocycles. The number of hydrogen-bond donors (Lipinski definition) is 2. The summed E-state index contributed by atoms with van der Waals surface area (Å²) in [5, 5.41) is 13.2. The van der Waals surface area contributed by atoms with Gasteiger partial charge in [0.25, 0.3) is 0 Å². The Hall–Kier alpha value is -1.85. The third kappa shape index (κ3) is 3.74. The van der Waals surface area contributed by atoms with Gasteiger partial charge >= 0.3 is 0 Å². The molecule has 2 aromatic rings. The zero-order valence-corrected chi connectivity index (χ0v) is 14.1. The number of aliphatic hydroxyl groups is 1. The smallest absolute Gasteiger partial charge is 0.134 e. The largest absolute Gasteiger partial charge is 0.394 e. The van der Waals surface area contributed by atoms with Crippen molar-refractivity contribution in [2.24, 2.45) is 0 Å². The second kappa shape index (κ2) is 6.72. The molecule has 0 radical (unpaired) electrons. The van der Waals surface area contributed by atoms with Gasteiger partial charge in [0.1, 0.15) is 17.5 Å². The Morgan fingerprint density at radius 3 is 2.91 bits per heavy atom. The monoisotopic (exact) mass is 332 g/mol. The van der Waals surface area contributed by atoms with Gasteiger partial charge in [-0.2, -0.15) is 0 Å². The zero-order valence-electron chi connectivity index (χ0n) is 13.4. The van der Waals surface area contributed by atoms with Crippen LogP contribution >= 0.6 is 11.6 Å². The van der Waals surface area contributed by atoms with Crippen molar-refractivity contribution in [3.05, 3.63) is 46.2 Å². The third-order valence-corrected chi connectivity index (χ3v) is 4.23. The summed E-state index contributed by atoms with van der Waals surface area (Å²) >= 11 is 6.07. The van der Waals surface area contributed by atoms with Gasteiger partial charge in [0.05, 0.1) is 6.61 Å². The van der Waals surface area contributed by atoms with E-state index in [1.165, 1.54) is 11.1 Å². The summed E-state index contributed by atoms with van der Waals surface area (Å²) in [6.07, 6.45) is 0.953. The summed E-state index contributed by atoms with van der Waals surface area (Å²) in [5.41, 5.74) is 2.60. The molecule has 0 saturated heterocycles. The van der Waals surface area contributed by atoms with Gasteiger partial charge in [-0.25, -0.2) is 9.97 Å². The summed E-state index contributed by atoms with van der Waals surface area (Å²) in [5.74, 6) is 2.37. The van der Waals surface area contributed by atoms with Gasteiger partial charge in [0.2, 0.25) is 0 Å². The maximum Gasteiger partial charge on any atom is 0.134 e. The Morgan fingerprint density at radius 2 is 2.13 bits per heavy atom. The van der Waals surface area contributed by atoms with Crippen LogP contribution in [0.3, 0.4) is 0 Å². The number of hydrogen-bond acceptors (Lipinski definition) is 5. The standard InChI is InChI=1S/C17H21ClN4O/c1-11(10-23)19-16-8-17(21-12(2)20-16)22-6-5-13-7-15(18)4-3-14(13)9-22/h3-4,7-8,11,23H,5-6,9-10H2,1-2H3,(H,19,20,21)/t11-/m1/s1. The molecule has 2 heterocycles. The topological polar surface area (TPSA) is 61.3 Å². The summed E-state index contributed by atoms with van der Waals surface area (Å²) in [6, 6.07) is 7.98. The number of aliphatic hydroxyl groups excluding tert-OH is 1. The first-order chi connectivity index (χ1) is 11.0. The number of benzene rings is 1. The summed E-state index contributed by atoms with van der Waals surface area (Å²) in [4.78, 5) is 11.2. The molecular weight excluding hydrogens is 312 g/mol. The Morgan fingerprint density at radius 1 is 1.30 bits per heavy atom. The van der Waals surface area contributed by atoms with Crippen molar-refractivity contribution in [2.75, 3.05) is 23.4 Å². The molecule has 0 saturated carbocycles. The van der Waals surface area contributed by atoms with Crippen LogP contribution in [0.15, 0.2) is 24.3 Å². The van der Waals surface area contributed by atoms with Crippen molar-refractivity contribution in [3.63, 3.8) is 0 Å². The molecule has 1 aromatic heterocycles. The van der Waals surface area contributed by atoms with Crippen LogP contribution in [0.25, 0.3) is 0 Å². The van der Waals surface area contributed by atoms with Gasteiger partial charge in [-0.3, -0.25) is 0 Å². The molecule has 0 bridgehead atoms. The van der Waals surface area contributed by atoms with E-state index in [0.29, 0.717) is 0 Å². The van der Waals surface area contributed by atoms with E-state index in [-0.39, 0.29) is 12.6 Å².